The number of benzene rings is 1. The Balaban J connectivity index is 2.24. The van der Waals surface area contributed by atoms with Crippen LogP contribution in [0.2, 0.25) is 0 Å². The van der Waals surface area contributed by atoms with E-state index < -0.39 is 0 Å². The van der Waals surface area contributed by atoms with E-state index in [-0.39, 0.29) is 0 Å². The summed E-state index contributed by atoms with van der Waals surface area (Å²) in [5.41, 5.74) is 3.21. The van der Waals surface area contributed by atoms with E-state index in [1.165, 1.54) is 11.3 Å². The molecule has 0 aliphatic carbocycles. The molecule has 3 heteroatoms. The van der Waals surface area contributed by atoms with E-state index in [4.69, 9.17) is 0 Å². The molecule has 1 aromatic rings. The third kappa shape index (κ3) is 2.39. The fraction of sp³-hybridized carbons (Fsp3) is 0.500. The van der Waals surface area contributed by atoms with Crippen LogP contribution in [0.15, 0.2) is 22.7 Å². The minimum atomic E-state index is 0.478. The number of nitrogens with zero attached hydrogens (tertiary/aromatic N) is 1. The molecule has 0 N–H and O–H groups in total. The third-order valence-electron chi connectivity index (χ3n) is 2.77. The molecule has 1 heterocycles. The smallest absolute Gasteiger partial charge is 0.0419 e. The minimum Gasteiger partial charge on any atom is -0.370 e. The van der Waals surface area contributed by atoms with Gasteiger partial charge in [0.1, 0.15) is 0 Å². The molecule has 2 rings (SSSR count). The Bertz CT molecular complexity index is 366. The van der Waals surface area contributed by atoms with Gasteiger partial charge in [-0.15, -0.1) is 0 Å². The lowest BCUT2D eigenvalue weighted by Crippen LogP contribution is -2.53. The highest BCUT2D eigenvalue weighted by Crippen LogP contribution is 2.37. The van der Waals surface area contributed by atoms with Crippen LogP contribution < -0.4 is 4.90 Å². The topological polar surface area (TPSA) is 3.24 Å². The molecular formula is C12H15Br2N. The van der Waals surface area contributed by atoms with Crippen LogP contribution in [0.4, 0.5) is 5.69 Å². The van der Waals surface area contributed by atoms with E-state index in [1.54, 1.807) is 0 Å². The van der Waals surface area contributed by atoms with Crippen molar-refractivity contribution in [3.63, 3.8) is 0 Å². The lowest BCUT2D eigenvalue weighted by atomic mass is 9.83. The van der Waals surface area contributed by atoms with E-state index in [1.807, 2.05) is 0 Å². The van der Waals surface area contributed by atoms with Crippen molar-refractivity contribution < 1.29 is 0 Å². The predicted molar refractivity (Wildman–Crippen MR) is 72.8 cm³/mol. The minimum absolute atomic E-state index is 0.478. The van der Waals surface area contributed by atoms with Crippen LogP contribution in [0.3, 0.4) is 0 Å². The molecule has 1 aliphatic heterocycles. The van der Waals surface area contributed by atoms with E-state index in [9.17, 15) is 0 Å². The Morgan fingerprint density at radius 1 is 1.33 bits per heavy atom. The summed E-state index contributed by atoms with van der Waals surface area (Å²) in [7, 11) is 0. The number of alkyl halides is 1. The number of hydrogen-bond acceptors (Lipinski definition) is 1. The summed E-state index contributed by atoms with van der Waals surface area (Å²) in [6.07, 6.45) is 0. The largest absolute Gasteiger partial charge is 0.370 e. The molecule has 82 valence electrons. The lowest BCUT2D eigenvalue weighted by Gasteiger charge is -2.48. The van der Waals surface area contributed by atoms with E-state index in [0.717, 1.165) is 22.9 Å². The predicted octanol–water partition coefficient (Wildman–Crippen LogP) is 4.19. The normalized spacial score (nSPS) is 18.8. The van der Waals surface area contributed by atoms with Gasteiger partial charge in [-0.3, -0.25) is 0 Å². The molecule has 1 fully saturated rings. The average Bonchev–Trinajstić information content (AvgIpc) is 2.14. The van der Waals surface area contributed by atoms with Gasteiger partial charge in [-0.2, -0.15) is 0 Å². The van der Waals surface area contributed by atoms with Crippen LogP contribution in [-0.2, 0) is 5.33 Å². The SMILES string of the molecule is CC1(C)CN(c2cc(Br)ccc2CBr)C1. The first kappa shape index (κ1) is 11.5. The Morgan fingerprint density at radius 2 is 2.00 bits per heavy atom. The highest BCUT2D eigenvalue weighted by atomic mass is 79.9. The summed E-state index contributed by atoms with van der Waals surface area (Å²) in [6.45, 7) is 6.94. The fourth-order valence-electron chi connectivity index (χ4n) is 2.10. The maximum absolute atomic E-state index is 3.54. The highest BCUT2D eigenvalue weighted by molar-refractivity contribution is 9.10. The van der Waals surface area contributed by atoms with Gasteiger partial charge in [0.05, 0.1) is 0 Å². The van der Waals surface area contributed by atoms with Gasteiger partial charge in [0.25, 0.3) is 0 Å². The molecule has 0 unspecified atom stereocenters. The zero-order chi connectivity index (χ0) is 11.1. The molecule has 1 aliphatic rings. The zero-order valence-electron chi connectivity index (χ0n) is 9.06. The van der Waals surface area contributed by atoms with Gasteiger partial charge in [0.2, 0.25) is 0 Å². The average molecular weight is 333 g/mol. The second-order valence-corrected chi connectivity index (χ2v) is 6.40. The van der Waals surface area contributed by atoms with Crippen LogP contribution >= 0.6 is 31.9 Å². The summed E-state index contributed by atoms with van der Waals surface area (Å²) in [4.78, 5) is 2.45. The van der Waals surface area contributed by atoms with E-state index >= 15 is 0 Å². The molecule has 1 aromatic carbocycles. The van der Waals surface area contributed by atoms with Crippen LogP contribution in [0.1, 0.15) is 19.4 Å². The molecule has 0 bridgehead atoms. The van der Waals surface area contributed by atoms with Crippen molar-refractivity contribution >= 4 is 37.5 Å². The van der Waals surface area contributed by atoms with Gasteiger partial charge in [-0.25, -0.2) is 0 Å². The third-order valence-corrected chi connectivity index (χ3v) is 3.87. The molecule has 0 spiro atoms. The first-order chi connectivity index (χ1) is 7.02. The van der Waals surface area contributed by atoms with Gasteiger partial charge in [-0.05, 0) is 23.1 Å². The number of rotatable bonds is 2. The highest BCUT2D eigenvalue weighted by Gasteiger charge is 2.34. The molecule has 0 saturated carbocycles. The van der Waals surface area contributed by atoms with E-state index in [0.29, 0.717) is 5.41 Å². The van der Waals surface area contributed by atoms with Gasteiger partial charge in [0.15, 0.2) is 0 Å². The monoisotopic (exact) mass is 331 g/mol. The molecule has 0 amide bonds. The van der Waals surface area contributed by atoms with Crippen molar-refractivity contribution in [2.75, 3.05) is 18.0 Å². The van der Waals surface area contributed by atoms with Crippen LogP contribution in [-0.4, -0.2) is 13.1 Å². The Kier molecular flexibility index (Phi) is 3.13. The Labute approximate surface area is 108 Å². The Morgan fingerprint density at radius 3 is 2.53 bits per heavy atom. The lowest BCUT2D eigenvalue weighted by molar-refractivity contribution is 0.276. The molecule has 1 nitrogen and oxygen atoms in total. The maximum Gasteiger partial charge on any atom is 0.0419 e. The Hall–Kier alpha value is -0.0200. The molecule has 0 aromatic heterocycles. The summed E-state index contributed by atoms with van der Waals surface area (Å²) >= 11 is 7.07. The van der Waals surface area contributed by atoms with Crippen molar-refractivity contribution in [3.8, 4) is 0 Å². The van der Waals surface area contributed by atoms with Crippen molar-refractivity contribution in [2.45, 2.75) is 19.2 Å². The van der Waals surface area contributed by atoms with Gasteiger partial charge >= 0.3 is 0 Å². The second-order valence-electron chi connectivity index (χ2n) is 4.93. The van der Waals surface area contributed by atoms with Crippen molar-refractivity contribution in [3.05, 3.63) is 28.2 Å². The summed E-state index contributed by atoms with van der Waals surface area (Å²) in [6, 6.07) is 6.50. The summed E-state index contributed by atoms with van der Waals surface area (Å²) < 4.78 is 1.16. The first-order valence-electron chi connectivity index (χ1n) is 5.11. The van der Waals surface area contributed by atoms with Gasteiger partial charge < -0.3 is 4.90 Å². The van der Waals surface area contributed by atoms with Crippen molar-refractivity contribution in [2.24, 2.45) is 5.41 Å². The van der Waals surface area contributed by atoms with E-state index in [2.05, 4.69) is 68.8 Å². The summed E-state index contributed by atoms with van der Waals surface area (Å²) in [5.74, 6) is 0. The second kappa shape index (κ2) is 4.10. The molecular weight excluding hydrogens is 318 g/mol. The van der Waals surface area contributed by atoms with Crippen LogP contribution in [0, 0.1) is 5.41 Å². The quantitative estimate of drug-likeness (QED) is 0.734. The van der Waals surface area contributed by atoms with Gasteiger partial charge in [-0.1, -0.05) is 51.8 Å². The molecule has 15 heavy (non-hydrogen) atoms. The number of anilines is 1. The van der Waals surface area contributed by atoms with Crippen LogP contribution in [0.25, 0.3) is 0 Å². The molecule has 1 saturated heterocycles. The zero-order valence-corrected chi connectivity index (χ0v) is 12.2. The number of hydrogen-bond donors (Lipinski definition) is 0. The van der Waals surface area contributed by atoms with Crippen molar-refractivity contribution in [1.29, 1.82) is 0 Å². The molecule has 0 atom stereocenters. The van der Waals surface area contributed by atoms with Crippen LogP contribution in [0.5, 0.6) is 0 Å². The van der Waals surface area contributed by atoms with Crippen molar-refractivity contribution in [1.82, 2.24) is 0 Å². The fourth-order valence-corrected chi connectivity index (χ4v) is 2.92. The summed E-state index contributed by atoms with van der Waals surface area (Å²) in [5, 5.41) is 0.923. The van der Waals surface area contributed by atoms with Gasteiger partial charge in [0, 0.05) is 28.6 Å². The maximum atomic E-state index is 3.54. The standard InChI is InChI=1S/C12H15Br2N/c1-12(2)7-15(8-12)11-5-10(14)4-3-9(11)6-13/h3-5H,6-8H2,1-2H3. The first-order valence-corrected chi connectivity index (χ1v) is 7.03. The number of halogens is 2. The molecule has 0 radical (unpaired) electrons.